The van der Waals surface area contributed by atoms with Gasteiger partial charge in [-0.2, -0.15) is 9.78 Å². The first-order valence-corrected chi connectivity index (χ1v) is 10.3. The number of carbonyl (C=O) groups excluding carboxylic acids is 1. The second-order valence-electron chi connectivity index (χ2n) is 7.68. The standard InChI is InChI=1S/C24H15ClF2N2O3/c25-17-5-1-3-14(12-7-8-12)20(17)23(30)29-22-16(4-2-6-18(22)26)21(28-29)15-10-9-13(24(31)32)11-19(15)27/h1-6,9-12H,7-8H2,(H,31,32). The lowest BCUT2D eigenvalue weighted by atomic mass is 10.0. The number of nitrogens with zero attached hydrogens (tertiary/aromatic N) is 2. The molecule has 0 radical (unpaired) electrons. The molecular weight excluding hydrogens is 438 g/mol. The predicted octanol–water partition coefficient (Wildman–Crippen LogP) is 5.90. The Bertz CT molecular complexity index is 1430. The molecule has 160 valence electrons. The minimum absolute atomic E-state index is 0.0299. The fraction of sp³-hybridized carbons (Fsp3) is 0.125. The van der Waals surface area contributed by atoms with E-state index in [1.807, 2.05) is 6.07 Å². The van der Waals surface area contributed by atoms with Crippen LogP contribution in [0.25, 0.3) is 22.2 Å². The van der Waals surface area contributed by atoms with Crippen molar-refractivity contribution in [2.45, 2.75) is 18.8 Å². The van der Waals surface area contributed by atoms with Crippen molar-refractivity contribution in [1.82, 2.24) is 9.78 Å². The van der Waals surface area contributed by atoms with Gasteiger partial charge in [0.1, 0.15) is 22.8 Å². The molecule has 0 unspecified atom stereocenters. The van der Waals surface area contributed by atoms with Gasteiger partial charge in [0.2, 0.25) is 0 Å². The van der Waals surface area contributed by atoms with Crippen LogP contribution < -0.4 is 0 Å². The van der Waals surface area contributed by atoms with Crippen LogP contribution in [0, 0.1) is 11.6 Å². The highest BCUT2D eigenvalue weighted by molar-refractivity contribution is 6.34. The molecule has 0 amide bonds. The number of carboxylic acids is 1. The predicted molar refractivity (Wildman–Crippen MR) is 115 cm³/mol. The van der Waals surface area contributed by atoms with E-state index in [4.69, 9.17) is 16.7 Å². The average molecular weight is 453 g/mol. The second-order valence-corrected chi connectivity index (χ2v) is 8.09. The van der Waals surface area contributed by atoms with Crippen molar-refractivity contribution in [2.24, 2.45) is 0 Å². The zero-order valence-corrected chi connectivity index (χ0v) is 17.2. The molecule has 1 aliphatic carbocycles. The van der Waals surface area contributed by atoms with Gasteiger partial charge in [0.05, 0.1) is 16.1 Å². The van der Waals surface area contributed by atoms with Gasteiger partial charge in [-0.1, -0.05) is 35.9 Å². The van der Waals surface area contributed by atoms with Gasteiger partial charge < -0.3 is 5.11 Å². The normalized spacial score (nSPS) is 13.5. The molecule has 1 aromatic heterocycles. The molecule has 32 heavy (non-hydrogen) atoms. The van der Waals surface area contributed by atoms with Crippen molar-refractivity contribution in [1.29, 1.82) is 0 Å². The summed E-state index contributed by atoms with van der Waals surface area (Å²) in [5.74, 6) is -3.22. The van der Waals surface area contributed by atoms with Crippen LogP contribution in [0.5, 0.6) is 0 Å². The zero-order valence-electron chi connectivity index (χ0n) is 16.5. The fourth-order valence-electron chi connectivity index (χ4n) is 3.92. The SMILES string of the molecule is O=C(O)c1ccc(-c2nn(C(=O)c3c(Cl)cccc3C3CC3)c3c(F)cccc23)c(F)c1. The maximum absolute atomic E-state index is 14.9. The molecular formula is C24H15ClF2N2O3. The molecule has 1 fully saturated rings. The molecule has 5 rings (SSSR count). The van der Waals surface area contributed by atoms with E-state index in [0.717, 1.165) is 29.2 Å². The second kappa shape index (κ2) is 7.53. The van der Waals surface area contributed by atoms with E-state index >= 15 is 0 Å². The van der Waals surface area contributed by atoms with Crippen LogP contribution in [0.15, 0.2) is 54.6 Å². The van der Waals surface area contributed by atoms with Crippen LogP contribution in [0.2, 0.25) is 5.02 Å². The van der Waals surface area contributed by atoms with Crippen molar-refractivity contribution in [2.75, 3.05) is 0 Å². The van der Waals surface area contributed by atoms with Crippen LogP contribution in [-0.4, -0.2) is 26.8 Å². The number of carboxylic acid groups (broad SMARTS) is 1. The van der Waals surface area contributed by atoms with Crippen LogP contribution >= 0.6 is 11.6 Å². The van der Waals surface area contributed by atoms with E-state index in [0.29, 0.717) is 0 Å². The first kappa shape index (κ1) is 20.3. The Kier molecular flexibility index (Phi) is 4.78. The molecule has 4 aromatic rings. The third kappa shape index (κ3) is 3.26. The van der Waals surface area contributed by atoms with Gasteiger partial charge in [-0.3, -0.25) is 4.79 Å². The maximum Gasteiger partial charge on any atom is 0.335 e. The van der Waals surface area contributed by atoms with Crippen molar-refractivity contribution < 1.29 is 23.5 Å². The molecule has 0 atom stereocenters. The Hall–Kier alpha value is -3.58. The number of carbonyl (C=O) groups is 2. The Balaban J connectivity index is 1.73. The number of hydrogen-bond acceptors (Lipinski definition) is 3. The van der Waals surface area contributed by atoms with Gasteiger partial charge in [0.15, 0.2) is 0 Å². The topological polar surface area (TPSA) is 72.2 Å². The van der Waals surface area contributed by atoms with E-state index in [-0.39, 0.29) is 44.2 Å². The lowest BCUT2D eigenvalue weighted by Gasteiger charge is -2.10. The minimum Gasteiger partial charge on any atom is -0.478 e. The lowest BCUT2D eigenvalue weighted by molar-refractivity contribution is 0.0696. The van der Waals surface area contributed by atoms with E-state index in [1.54, 1.807) is 12.1 Å². The smallest absolute Gasteiger partial charge is 0.335 e. The molecule has 1 heterocycles. The molecule has 0 saturated heterocycles. The largest absolute Gasteiger partial charge is 0.478 e. The van der Waals surface area contributed by atoms with E-state index in [1.165, 1.54) is 30.3 Å². The number of para-hydroxylation sites is 1. The monoisotopic (exact) mass is 452 g/mol. The average Bonchev–Trinajstić information content (AvgIpc) is 3.54. The minimum atomic E-state index is -1.28. The molecule has 0 bridgehead atoms. The first-order chi connectivity index (χ1) is 15.4. The summed E-state index contributed by atoms with van der Waals surface area (Å²) in [6.45, 7) is 0. The number of aromatic carboxylic acids is 1. The number of aromatic nitrogens is 2. The number of benzene rings is 3. The van der Waals surface area contributed by atoms with Gasteiger partial charge >= 0.3 is 5.97 Å². The summed E-state index contributed by atoms with van der Waals surface area (Å²) >= 11 is 6.36. The summed E-state index contributed by atoms with van der Waals surface area (Å²) in [5.41, 5.74) is 0.679. The molecule has 5 nitrogen and oxygen atoms in total. The molecule has 0 aliphatic heterocycles. The highest BCUT2D eigenvalue weighted by Gasteiger charge is 2.31. The molecule has 3 aromatic carbocycles. The summed E-state index contributed by atoms with van der Waals surface area (Å²) in [4.78, 5) is 24.7. The summed E-state index contributed by atoms with van der Waals surface area (Å²) in [6, 6.07) is 12.7. The quantitative estimate of drug-likeness (QED) is 0.418. The lowest BCUT2D eigenvalue weighted by Crippen LogP contribution is -2.17. The van der Waals surface area contributed by atoms with Gasteiger partial charge in [-0.05, 0) is 54.7 Å². The summed E-state index contributed by atoms with van der Waals surface area (Å²) in [6.07, 6.45) is 1.86. The fourth-order valence-corrected chi connectivity index (χ4v) is 4.18. The van der Waals surface area contributed by atoms with Gasteiger partial charge in [0.25, 0.3) is 5.91 Å². The third-order valence-electron chi connectivity index (χ3n) is 5.59. The Labute approximate surface area is 185 Å². The first-order valence-electron chi connectivity index (χ1n) is 9.90. The maximum atomic E-state index is 14.9. The highest BCUT2D eigenvalue weighted by Crippen LogP contribution is 2.43. The number of halogens is 3. The highest BCUT2D eigenvalue weighted by atomic mass is 35.5. The van der Waals surface area contributed by atoms with E-state index in [2.05, 4.69) is 5.10 Å². The van der Waals surface area contributed by atoms with Crippen LogP contribution in [-0.2, 0) is 0 Å². The van der Waals surface area contributed by atoms with Gasteiger partial charge in [-0.25, -0.2) is 13.6 Å². The molecule has 1 aliphatic rings. The van der Waals surface area contributed by atoms with E-state index < -0.39 is 23.5 Å². The zero-order chi connectivity index (χ0) is 22.6. The van der Waals surface area contributed by atoms with Crippen LogP contribution in [0.3, 0.4) is 0 Å². The summed E-state index contributed by atoms with van der Waals surface area (Å²) in [7, 11) is 0. The molecule has 1 N–H and O–H groups in total. The molecule has 0 spiro atoms. The third-order valence-corrected chi connectivity index (χ3v) is 5.91. The number of fused-ring (bicyclic) bond motifs is 1. The number of rotatable bonds is 4. The van der Waals surface area contributed by atoms with E-state index in [9.17, 15) is 18.4 Å². The number of hydrogen-bond donors (Lipinski definition) is 1. The summed E-state index contributed by atoms with van der Waals surface area (Å²) < 4.78 is 30.6. The van der Waals surface area contributed by atoms with Crippen LogP contribution in [0.4, 0.5) is 8.78 Å². The van der Waals surface area contributed by atoms with Crippen molar-refractivity contribution >= 4 is 34.4 Å². The Morgan fingerprint density at radius 3 is 2.47 bits per heavy atom. The van der Waals surface area contributed by atoms with Crippen molar-refractivity contribution in [3.05, 3.63) is 87.9 Å². The van der Waals surface area contributed by atoms with Gasteiger partial charge in [0, 0.05) is 10.9 Å². The van der Waals surface area contributed by atoms with Crippen molar-refractivity contribution in [3.8, 4) is 11.3 Å². The summed E-state index contributed by atoms with van der Waals surface area (Å²) in [5, 5.41) is 13.8. The van der Waals surface area contributed by atoms with Crippen LogP contribution in [0.1, 0.15) is 45.0 Å². The molecule has 8 heteroatoms. The Morgan fingerprint density at radius 1 is 1.03 bits per heavy atom. The van der Waals surface area contributed by atoms with Gasteiger partial charge in [-0.15, -0.1) is 0 Å². The Morgan fingerprint density at radius 2 is 1.78 bits per heavy atom. The molecule has 1 saturated carbocycles. The van der Waals surface area contributed by atoms with Crippen molar-refractivity contribution in [3.63, 3.8) is 0 Å².